The van der Waals surface area contributed by atoms with E-state index in [1.54, 1.807) is 6.07 Å². The smallest absolute Gasteiger partial charge is 0.154 e. The van der Waals surface area contributed by atoms with Gasteiger partial charge in [-0.25, -0.2) is 8.42 Å². The zero-order valence-corrected chi connectivity index (χ0v) is 13.3. The second-order valence-electron chi connectivity index (χ2n) is 5.43. The Morgan fingerprint density at radius 2 is 2.20 bits per heavy atom. The van der Waals surface area contributed by atoms with Crippen LogP contribution in [0.5, 0.6) is 5.75 Å². The summed E-state index contributed by atoms with van der Waals surface area (Å²) in [6.45, 7) is 4.77. The van der Waals surface area contributed by atoms with Gasteiger partial charge in [0, 0.05) is 23.2 Å². The second-order valence-corrected chi connectivity index (χ2v) is 8.10. The quantitative estimate of drug-likeness (QED) is 0.906. The van der Waals surface area contributed by atoms with Crippen molar-refractivity contribution in [1.82, 2.24) is 5.32 Å². The van der Waals surface area contributed by atoms with Crippen LogP contribution < -0.4 is 10.1 Å². The third kappa shape index (κ3) is 4.36. The van der Waals surface area contributed by atoms with E-state index in [1.165, 1.54) is 0 Å². The molecular formula is C14H20ClNO3S. The summed E-state index contributed by atoms with van der Waals surface area (Å²) in [6.07, 6.45) is 0.307. The van der Waals surface area contributed by atoms with Crippen molar-refractivity contribution in [1.29, 1.82) is 0 Å². The molecule has 0 spiro atoms. The standard InChI is InChI=1S/C14H20ClNO3S/c1-10(2)16-8-11-7-12(15)3-4-14(11)19-13-5-6-20(17,18)9-13/h3-4,7,10,13,16H,5-6,8-9H2,1-2H3. The number of sulfone groups is 1. The maximum absolute atomic E-state index is 11.5. The summed E-state index contributed by atoms with van der Waals surface area (Å²) in [5, 5.41) is 3.96. The number of hydrogen-bond donors (Lipinski definition) is 1. The Bertz CT molecular complexity index is 572. The van der Waals surface area contributed by atoms with Crippen molar-refractivity contribution in [2.45, 2.75) is 39.0 Å². The summed E-state index contributed by atoms with van der Waals surface area (Å²) in [7, 11) is -2.93. The number of nitrogens with one attached hydrogen (secondary N) is 1. The van der Waals surface area contributed by atoms with Crippen LogP contribution in [0.25, 0.3) is 0 Å². The Kier molecular flexibility index (Phi) is 4.94. The Hall–Kier alpha value is -0.780. The van der Waals surface area contributed by atoms with E-state index >= 15 is 0 Å². The van der Waals surface area contributed by atoms with Crippen LogP contribution in [0.1, 0.15) is 25.8 Å². The molecule has 1 N–H and O–H groups in total. The van der Waals surface area contributed by atoms with Gasteiger partial charge in [-0.05, 0) is 24.6 Å². The largest absolute Gasteiger partial charge is 0.489 e. The van der Waals surface area contributed by atoms with Gasteiger partial charge in [0.15, 0.2) is 9.84 Å². The fourth-order valence-electron chi connectivity index (χ4n) is 2.15. The topological polar surface area (TPSA) is 55.4 Å². The number of ether oxygens (including phenoxy) is 1. The summed E-state index contributed by atoms with van der Waals surface area (Å²) in [5.74, 6) is 1.03. The van der Waals surface area contributed by atoms with Crippen LogP contribution in [0.3, 0.4) is 0 Å². The molecule has 0 aliphatic carbocycles. The van der Waals surface area contributed by atoms with Crippen molar-refractivity contribution in [3.8, 4) is 5.75 Å². The first kappa shape index (κ1) is 15.6. The van der Waals surface area contributed by atoms with Gasteiger partial charge in [0.2, 0.25) is 0 Å². The molecule has 20 heavy (non-hydrogen) atoms. The highest BCUT2D eigenvalue weighted by Gasteiger charge is 2.29. The molecule has 1 aliphatic rings. The predicted molar refractivity (Wildman–Crippen MR) is 81.1 cm³/mol. The van der Waals surface area contributed by atoms with Crippen molar-refractivity contribution in [2.75, 3.05) is 11.5 Å². The number of hydrogen-bond acceptors (Lipinski definition) is 4. The molecule has 0 radical (unpaired) electrons. The van der Waals surface area contributed by atoms with Gasteiger partial charge in [-0.15, -0.1) is 0 Å². The highest BCUT2D eigenvalue weighted by Crippen LogP contribution is 2.26. The van der Waals surface area contributed by atoms with Crippen molar-refractivity contribution in [2.24, 2.45) is 0 Å². The SMILES string of the molecule is CC(C)NCc1cc(Cl)ccc1OC1CCS(=O)(=O)C1. The average Bonchev–Trinajstić information content (AvgIpc) is 2.69. The minimum absolute atomic E-state index is 0.104. The van der Waals surface area contributed by atoms with Crippen LogP contribution >= 0.6 is 11.6 Å². The van der Waals surface area contributed by atoms with Crippen molar-refractivity contribution < 1.29 is 13.2 Å². The predicted octanol–water partition coefficient (Wildman–Crippen LogP) is 2.40. The summed E-state index contributed by atoms with van der Waals surface area (Å²) >= 11 is 6.01. The van der Waals surface area contributed by atoms with E-state index in [-0.39, 0.29) is 17.6 Å². The van der Waals surface area contributed by atoms with E-state index in [0.717, 1.165) is 5.56 Å². The first-order valence-electron chi connectivity index (χ1n) is 6.74. The van der Waals surface area contributed by atoms with Gasteiger partial charge < -0.3 is 10.1 Å². The van der Waals surface area contributed by atoms with E-state index in [0.29, 0.717) is 29.8 Å². The molecule has 1 saturated heterocycles. The molecule has 6 heteroatoms. The molecular weight excluding hydrogens is 298 g/mol. The average molecular weight is 318 g/mol. The second kappa shape index (κ2) is 6.33. The van der Waals surface area contributed by atoms with Gasteiger partial charge in [-0.1, -0.05) is 25.4 Å². The molecule has 1 unspecified atom stereocenters. The lowest BCUT2D eigenvalue weighted by Crippen LogP contribution is -2.23. The van der Waals surface area contributed by atoms with Crippen LogP contribution in [0.4, 0.5) is 0 Å². The van der Waals surface area contributed by atoms with E-state index in [9.17, 15) is 8.42 Å². The molecule has 4 nitrogen and oxygen atoms in total. The normalized spacial score (nSPS) is 21.3. The monoisotopic (exact) mass is 317 g/mol. The first-order chi connectivity index (χ1) is 9.35. The Morgan fingerprint density at radius 3 is 2.80 bits per heavy atom. The Labute approximate surface area is 125 Å². The molecule has 0 aromatic heterocycles. The van der Waals surface area contributed by atoms with Crippen LogP contribution in [-0.4, -0.2) is 32.1 Å². The Morgan fingerprint density at radius 1 is 1.45 bits per heavy atom. The molecule has 2 rings (SSSR count). The van der Waals surface area contributed by atoms with Crippen LogP contribution in [-0.2, 0) is 16.4 Å². The fourth-order valence-corrected chi connectivity index (χ4v) is 3.93. The summed E-state index contributed by atoms with van der Waals surface area (Å²) in [5.41, 5.74) is 0.954. The highest BCUT2D eigenvalue weighted by atomic mass is 35.5. The molecule has 1 fully saturated rings. The van der Waals surface area contributed by atoms with Crippen molar-refractivity contribution in [3.05, 3.63) is 28.8 Å². The summed E-state index contributed by atoms with van der Waals surface area (Å²) in [4.78, 5) is 0. The molecule has 112 valence electrons. The van der Waals surface area contributed by atoms with Crippen LogP contribution in [0.15, 0.2) is 18.2 Å². The maximum Gasteiger partial charge on any atom is 0.154 e. The van der Waals surface area contributed by atoms with Crippen LogP contribution in [0, 0.1) is 0 Å². The molecule has 0 saturated carbocycles. The lowest BCUT2D eigenvalue weighted by Gasteiger charge is -2.17. The van der Waals surface area contributed by atoms with E-state index in [1.807, 2.05) is 12.1 Å². The van der Waals surface area contributed by atoms with Gasteiger partial charge in [0.25, 0.3) is 0 Å². The summed E-state index contributed by atoms with van der Waals surface area (Å²) < 4.78 is 28.8. The van der Waals surface area contributed by atoms with Crippen LogP contribution in [0.2, 0.25) is 5.02 Å². The minimum Gasteiger partial charge on any atom is -0.489 e. The lowest BCUT2D eigenvalue weighted by molar-refractivity contribution is 0.226. The van der Waals surface area contributed by atoms with Gasteiger partial charge in [-0.3, -0.25) is 0 Å². The zero-order chi connectivity index (χ0) is 14.8. The molecule has 1 atom stereocenters. The molecule has 1 heterocycles. The molecule has 1 aliphatic heterocycles. The fraction of sp³-hybridized carbons (Fsp3) is 0.571. The maximum atomic E-state index is 11.5. The van der Waals surface area contributed by atoms with Gasteiger partial charge >= 0.3 is 0 Å². The summed E-state index contributed by atoms with van der Waals surface area (Å²) in [6, 6.07) is 5.79. The number of rotatable bonds is 5. The van der Waals surface area contributed by atoms with E-state index < -0.39 is 9.84 Å². The molecule has 1 aromatic carbocycles. The van der Waals surface area contributed by atoms with E-state index in [2.05, 4.69) is 19.2 Å². The van der Waals surface area contributed by atoms with Crippen molar-refractivity contribution in [3.63, 3.8) is 0 Å². The Balaban J connectivity index is 2.10. The van der Waals surface area contributed by atoms with Gasteiger partial charge in [0.05, 0.1) is 11.5 Å². The van der Waals surface area contributed by atoms with Gasteiger partial charge in [-0.2, -0.15) is 0 Å². The zero-order valence-electron chi connectivity index (χ0n) is 11.7. The first-order valence-corrected chi connectivity index (χ1v) is 8.94. The molecule has 1 aromatic rings. The third-order valence-electron chi connectivity index (χ3n) is 3.21. The number of benzene rings is 1. The number of halogens is 1. The minimum atomic E-state index is -2.93. The van der Waals surface area contributed by atoms with Gasteiger partial charge in [0.1, 0.15) is 11.9 Å². The lowest BCUT2D eigenvalue weighted by atomic mass is 10.2. The highest BCUT2D eigenvalue weighted by molar-refractivity contribution is 7.91. The van der Waals surface area contributed by atoms with E-state index in [4.69, 9.17) is 16.3 Å². The van der Waals surface area contributed by atoms with Crippen molar-refractivity contribution >= 4 is 21.4 Å². The third-order valence-corrected chi connectivity index (χ3v) is 5.18. The molecule has 0 bridgehead atoms. The molecule has 0 amide bonds.